The van der Waals surface area contributed by atoms with Crippen molar-refractivity contribution in [2.75, 3.05) is 21.5 Å². The third-order valence-electron chi connectivity index (χ3n) is 5.79. The van der Waals surface area contributed by atoms with Crippen molar-refractivity contribution in [2.24, 2.45) is 7.05 Å². The second-order valence-corrected chi connectivity index (χ2v) is 9.96. The standard InChI is InChI=1S/C27H17Cl3F2N10O/c1-42-23(43)17(12-33)22(13-2-4-14(28)5-3-13)36-27(42)41-40-26-38-24(34-15-6-8-20(31)18(29)10-15)37-25(39-26)35-16-7-9-21(32)19(30)11-16/h2-11H,1H3,(H,36,41)(H3,34,35,37,38,39,40). The molecule has 0 aliphatic carbocycles. The van der Waals surface area contributed by atoms with E-state index in [1.54, 1.807) is 24.3 Å². The topological polar surface area (TPSA) is 145 Å². The molecule has 0 radical (unpaired) electrons. The van der Waals surface area contributed by atoms with Crippen LogP contribution in [0.15, 0.2) is 65.5 Å². The smallest absolute Gasteiger partial charge is 0.273 e. The normalized spacial score (nSPS) is 10.6. The predicted octanol–water partition coefficient (Wildman–Crippen LogP) is 6.67. The number of hydrogen-bond acceptors (Lipinski definition) is 10. The highest BCUT2D eigenvalue weighted by Crippen LogP contribution is 2.26. The number of halogens is 5. The van der Waals surface area contributed by atoms with Gasteiger partial charge in [-0.3, -0.25) is 20.2 Å². The molecule has 5 rings (SSSR count). The monoisotopic (exact) mass is 640 g/mol. The van der Waals surface area contributed by atoms with Crippen molar-refractivity contribution >= 4 is 70.0 Å². The molecule has 2 heterocycles. The van der Waals surface area contributed by atoms with Crippen LogP contribution in [-0.4, -0.2) is 24.5 Å². The lowest BCUT2D eigenvalue weighted by Gasteiger charge is -2.15. The Kier molecular flexibility index (Phi) is 8.53. The molecule has 0 amide bonds. The highest BCUT2D eigenvalue weighted by atomic mass is 35.5. The van der Waals surface area contributed by atoms with Crippen LogP contribution in [0.3, 0.4) is 0 Å². The average Bonchev–Trinajstić information content (AvgIpc) is 2.98. The fourth-order valence-corrected chi connectivity index (χ4v) is 4.18. The molecule has 2 aromatic heterocycles. The van der Waals surface area contributed by atoms with Crippen molar-refractivity contribution in [3.8, 4) is 17.3 Å². The molecule has 216 valence electrons. The maximum absolute atomic E-state index is 13.7. The Balaban J connectivity index is 1.49. The van der Waals surface area contributed by atoms with Gasteiger partial charge in [0, 0.05) is 29.0 Å². The van der Waals surface area contributed by atoms with E-state index >= 15 is 0 Å². The fourth-order valence-electron chi connectivity index (χ4n) is 3.69. The zero-order valence-corrected chi connectivity index (χ0v) is 24.0. The summed E-state index contributed by atoms with van der Waals surface area (Å²) in [5, 5.41) is 15.7. The van der Waals surface area contributed by atoms with Gasteiger partial charge >= 0.3 is 0 Å². The van der Waals surface area contributed by atoms with Crippen molar-refractivity contribution in [1.29, 1.82) is 5.26 Å². The summed E-state index contributed by atoms with van der Waals surface area (Å²) in [5.74, 6) is -1.25. The number of nitriles is 1. The Hall–Kier alpha value is -5.03. The number of aromatic nitrogens is 5. The summed E-state index contributed by atoms with van der Waals surface area (Å²) in [6.45, 7) is 0. The quantitative estimate of drug-likeness (QED) is 0.136. The number of hydrogen-bond donors (Lipinski definition) is 4. The van der Waals surface area contributed by atoms with Crippen molar-refractivity contribution in [3.05, 3.63) is 103 Å². The second kappa shape index (κ2) is 12.5. The van der Waals surface area contributed by atoms with E-state index in [4.69, 9.17) is 34.8 Å². The molecule has 16 heteroatoms. The van der Waals surface area contributed by atoms with E-state index in [1.807, 2.05) is 6.07 Å². The van der Waals surface area contributed by atoms with Gasteiger partial charge in [0.25, 0.3) is 5.56 Å². The van der Waals surface area contributed by atoms with Crippen LogP contribution >= 0.6 is 34.8 Å². The predicted molar refractivity (Wildman–Crippen MR) is 161 cm³/mol. The molecule has 0 atom stereocenters. The zero-order valence-electron chi connectivity index (χ0n) is 21.8. The molecular formula is C27H17Cl3F2N10O. The lowest BCUT2D eigenvalue weighted by molar-refractivity contribution is 0.628. The van der Waals surface area contributed by atoms with E-state index in [-0.39, 0.29) is 45.1 Å². The van der Waals surface area contributed by atoms with Gasteiger partial charge in [0.15, 0.2) is 0 Å². The molecule has 0 aliphatic rings. The Bertz CT molecular complexity index is 1880. The van der Waals surface area contributed by atoms with Crippen molar-refractivity contribution in [2.45, 2.75) is 0 Å². The lowest BCUT2D eigenvalue weighted by atomic mass is 10.1. The van der Waals surface area contributed by atoms with E-state index in [0.717, 1.165) is 4.57 Å². The number of rotatable bonds is 8. The maximum Gasteiger partial charge on any atom is 0.273 e. The first-order valence-corrected chi connectivity index (χ1v) is 13.2. The highest BCUT2D eigenvalue weighted by molar-refractivity contribution is 6.31. The molecule has 0 bridgehead atoms. The molecular weight excluding hydrogens is 625 g/mol. The number of hydrazine groups is 1. The van der Waals surface area contributed by atoms with Crippen molar-refractivity contribution in [1.82, 2.24) is 24.5 Å². The SMILES string of the molecule is Cn1c(NNc2nc(Nc3ccc(F)c(Cl)c3)nc(Nc3ccc(F)c(Cl)c3)n2)nc(-c2ccc(Cl)cc2)c(C#N)c1=O. The van der Waals surface area contributed by atoms with Crippen LogP contribution in [0.5, 0.6) is 0 Å². The zero-order chi connectivity index (χ0) is 30.7. The van der Waals surface area contributed by atoms with Gasteiger partial charge < -0.3 is 10.6 Å². The minimum absolute atomic E-state index is 0.00112. The van der Waals surface area contributed by atoms with E-state index in [2.05, 4.69) is 41.4 Å². The van der Waals surface area contributed by atoms with Crippen molar-refractivity contribution < 1.29 is 8.78 Å². The van der Waals surface area contributed by atoms with Crippen LogP contribution in [0.25, 0.3) is 11.3 Å². The summed E-state index contributed by atoms with van der Waals surface area (Å²) in [7, 11) is 1.43. The van der Waals surface area contributed by atoms with Gasteiger partial charge in [-0.2, -0.15) is 20.2 Å². The fraction of sp³-hybridized carbons (Fsp3) is 0.0370. The molecule has 5 aromatic rings. The first kappa shape index (κ1) is 29.5. The minimum Gasteiger partial charge on any atom is -0.324 e. The second-order valence-electron chi connectivity index (χ2n) is 8.71. The largest absolute Gasteiger partial charge is 0.324 e. The van der Waals surface area contributed by atoms with Crippen LogP contribution in [0.2, 0.25) is 15.1 Å². The number of nitrogens with one attached hydrogen (secondary N) is 4. The molecule has 0 spiro atoms. The van der Waals surface area contributed by atoms with Crippen LogP contribution < -0.4 is 27.0 Å². The molecule has 11 nitrogen and oxygen atoms in total. The van der Waals surface area contributed by atoms with Crippen LogP contribution in [0.4, 0.5) is 43.9 Å². The highest BCUT2D eigenvalue weighted by Gasteiger charge is 2.17. The summed E-state index contributed by atoms with van der Waals surface area (Å²) in [5.41, 5.74) is 6.14. The van der Waals surface area contributed by atoms with Gasteiger partial charge in [0.2, 0.25) is 23.8 Å². The van der Waals surface area contributed by atoms with E-state index in [1.165, 1.54) is 43.4 Å². The summed E-state index contributed by atoms with van der Waals surface area (Å²) < 4.78 is 28.5. The molecule has 4 N–H and O–H groups in total. The Morgan fingerprint density at radius 1 is 0.767 bits per heavy atom. The number of benzene rings is 3. The van der Waals surface area contributed by atoms with Gasteiger partial charge in [-0.05, 0) is 48.5 Å². The lowest BCUT2D eigenvalue weighted by Crippen LogP contribution is -2.27. The summed E-state index contributed by atoms with van der Waals surface area (Å²) >= 11 is 17.8. The Morgan fingerprint density at radius 3 is 1.81 bits per heavy atom. The molecule has 0 unspecified atom stereocenters. The molecule has 0 aliphatic heterocycles. The first-order chi connectivity index (χ1) is 20.6. The molecule has 0 saturated heterocycles. The third kappa shape index (κ3) is 6.73. The number of nitrogens with zero attached hydrogens (tertiary/aromatic N) is 6. The van der Waals surface area contributed by atoms with E-state index < -0.39 is 17.2 Å². The van der Waals surface area contributed by atoms with Crippen LogP contribution in [-0.2, 0) is 7.05 Å². The van der Waals surface area contributed by atoms with E-state index in [9.17, 15) is 18.8 Å². The number of anilines is 6. The molecule has 43 heavy (non-hydrogen) atoms. The van der Waals surface area contributed by atoms with Gasteiger partial charge in [-0.25, -0.2) is 13.8 Å². The summed E-state index contributed by atoms with van der Waals surface area (Å²) in [6, 6.07) is 16.3. The van der Waals surface area contributed by atoms with E-state index in [0.29, 0.717) is 22.0 Å². The molecule has 0 saturated carbocycles. The van der Waals surface area contributed by atoms with Crippen molar-refractivity contribution in [3.63, 3.8) is 0 Å². The molecule has 3 aromatic carbocycles. The van der Waals surface area contributed by atoms with Gasteiger partial charge in [-0.15, -0.1) is 0 Å². The molecule has 0 fully saturated rings. The Labute approximate surface area is 257 Å². The van der Waals surface area contributed by atoms with Gasteiger partial charge in [-0.1, -0.05) is 46.9 Å². The Morgan fingerprint density at radius 2 is 1.30 bits per heavy atom. The first-order valence-electron chi connectivity index (χ1n) is 12.1. The van der Waals surface area contributed by atoms with Crippen LogP contribution in [0, 0.1) is 23.0 Å². The summed E-state index contributed by atoms with van der Waals surface area (Å²) in [6.07, 6.45) is 0. The van der Waals surface area contributed by atoms with Crippen LogP contribution in [0.1, 0.15) is 5.56 Å². The maximum atomic E-state index is 13.7. The summed E-state index contributed by atoms with van der Waals surface area (Å²) in [4.78, 5) is 30.3. The third-order valence-corrected chi connectivity index (χ3v) is 6.62. The minimum atomic E-state index is -0.608. The van der Waals surface area contributed by atoms with Gasteiger partial charge in [0.05, 0.1) is 15.7 Å². The van der Waals surface area contributed by atoms with Gasteiger partial charge in [0.1, 0.15) is 23.3 Å². The average molecular weight is 642 g/mol.